The molecule has 0 radical (unpaired) electrons. The van der Waals surface area contributed by atoms with Crippen LogP contribution in [-0.2, 0) is 0 Å². The lowest BCUT2D eigenvalue weighted by molar-refractivity contribution is 0.335. The van der Waals surface area contributed by atoms with Gasteiger partial charge in [-0.2, -0.15) is 0 Å². The predicted molar refractivity (Wildman–Crippen MR) is 41.4 cm³/mol. The van der Waals surface area contributed by atoms with E-state index in [-0.39, 0.29) is 11.6 Å². The fourth-order valence-corrected chi connectivity index (χ4v) is 0.696. The maximum atomic E-state index is 5.80. The largest absolute Gasteiger partial charge is 0.326 e. The number of likely N-dealkylation sites (N-methyl/N-ethyl adjacent to an activating group) is 1. The van der Waals surface area contributed by atoms with Crippen LogP contribution in [0.4, 0.5) is 0 Å². The van der Waals surface area contributed by atoms with Crippen molar-refractivity contribution in [2.24, 2.45) is 5.73 Å². The van der Waals surface area contributed by atoms with Crippen LogP contribution in [0.25, 0.3) is 0 Å². The lowest BCUT2D eigenvalue weighted by atomic mass is 9.94. The molecule has 0 aromatic carbocycles. The molecule has 0 spiro atoms. The highest BCUT2D eigenvalue weighted by atomic mass is 15.0. The Bertz CT molecular complexity index is 79.0. The molecule has 9 heavy (non-hydrogen) atoms. The monoisotopic (exact) mass is 130 g/mol. The molecule has 0 bridgehead atoms. The van der Waals surface area contributed by atoms with E-state index in [1.54, 1.807) is 0 Å². The van der Waals surface area contributed by atoms with Crippen LogP contribution in [0.2, 0.25) is 0 Å². The summed E-state index contributed by atoms with van der Waals surface area (Å²) >= 11 is 0. The second kappa shape index (κ2) is 3.18. The summed E-state index contributed by atoms with van der Waals surface area (Å²) in [5.74, 6) is 0. The van der Waals surface area contributed by atoms with E-state index in [1.165, 1.54) is 0 Å². The molecule has 1 unspecified atom stereocenters. The van der Waals surface area contributed by atoms with Gasteiger partial charge in [0.2, 0.25) is 0 Å². The molecule has 0 saturated heterocycles. The van der Waals surface area contributed by atoms with Crippen LogP contribution in [0, 0.1) is 0 Å². The normalized spacial score (nSPS) is 15.7. The zero-order valence-electron chi connectivity index (χ0n) is 6.86. The third kappa shape index (κ3) is 2.33. The Morgan fingerprint density at radius 1 is 1.56 bits per heavy atom. The molecule has 3 N–H and O–H groups in total. The van der Waals surface area contributed by atoms with Gasteiger partial charge in [0.25, 0.3) is 0 Å². The molecule has 0 fully saturated rings. The van der Waals surface area contributed by atoms with Crippen molar-refractivity contribution in [3.05, 3.63) is 0 Å². The second-order valence-electron chi connectivity index (χ2n) is 2.99. The highest BCUT2D eigenvalue weighted by Gasteiger charge is 2.21. The highest BCUT2D eigenvalue weighted by Crippen LogP contribution is 2.07. The van der Waals surface area contributed by atoms with Gasteiger partial charge in [-0.15, -0.1) is 0 Å². The average Bonchev–Trinajstić information content (AvgIpc) is 1.86. The maximum Gasteiger partial charge on any atom is 0.0273 e. The molecule has 1 atom stereocenters. The molecule has 0 aromatic rings. The lowest BCUT2D eigenvalue weighted by Crippen LogP contribution is -2.51. The number of rotatable bonds is 3. The SMILES string of the molecule is CCC(N)C(C)(C)NC. The minimum atomic E-state index is 0.0781. The van der Waals surface area contributed by atoms with E-state index in [2.05, 4.69) is 26.1 Å². The third-order valence-corrected chi connectivity index (χ3v) is 2.01. The molecule has 0 saturated carbocycles. The van der Waals surface area contributed by atoms with Crippen LogP contribution < -0.4 is 11.1 Å². The summed E-state index contributed by atoms with van der Waals surface area (Å²) in [5, 5.41) is 3.17. The van der Waals surface area contributed by atoms with Gasteiger partial charge in [0.15, 0.2) is 0 Å². The van der Waals surface area contributed by atoms with Crippen molar-refractivity contribution in [3.8, 4) is 0 Å². The van der Waals surface area contributed by atoms with Crippen molar-refractivity contribution in [3.63, 3.8) is 0 Å². The predicted octanol–water partition coefficient (Wildman–Crippen LogP) is 0.722. The van der Waals surface area contributed by atoms with Crippen molar-refractivity contribution in [2.45, 2.75) is 38.8 Å². The smallest absolute Gasteiger partial charge is 0.0273 e. The van der Waals surface area contributed by atoms with Crippen LogP contribution in [0.5, 0.6) is 0 Å². The van der Waals surface area contributed by atoms with Crippen molar-refractivity contribution < 1.29 is 0 Å². The van der Waals surface area contributed by atoms with Crippen LogP contribution >= 0.6 is 0 Å². The van der Waals surface area contributed by atoms with Crippen LogP contribution in [0.3, 0.4) is 0 Å². The van der Waals surface area contributed by atoms with Crippen molar-refractivity contribution in [2.75, 3.05) is 7.05 Å². The van der Waals surface area contributed by atoms with E-state index < -0.39 is 0 Å². The van der Waals surface area contributed by atoms with Crippen molar-refractivity contribution in [1.29, 1.82) is 0 Å². The first-order chi connectivity index (χ1) is 4.04. The first-order valence-corrected chi connectivity index (χ1v) is 3.49. The first kappa shape index (κ1) is 8.92. The summed E-state index contributed by atoms with van der Waals surface area (Å²) < 4.78 is 0. The summed E-state index contributed by atoms with van der Waals surface area (Å²) in [6, 6.07) is 0.252. The van der Waals surface area contributed by atoms with Crippen molar-refractivity contribution >= 4 is 0 Å². The van der Waals surface area contributed by atoms with Gasteiger partial charge in [0, 0.05) is 11.6 Å². The van der Waals surface area contributed by atoms with Gasteiger partial charge in [-0.3, -0.25) is 0 Å². The molecule has 56 valence electrons. The number of nitrogens with one attached hydrogen (secondary N) is 1. The zero-order valence-corrected chi connectivity index (χ0v) is 6.86. The van der Waals surface area contributed by atoms with E-state index in [1.807, 2.05) is 7.05 Å². The molecule has 0 rings (SSSR count). The fraction of sp³-hybridized carbons (Fsp3) is 1.00. The van der Waals surface area contributed by atoms with Gasteiger partial charge in [0.05, 0.1) is 0 Å². The van der Waals surface area contributed by atoms with E-state index in [9.17, 15) is 0 Å². The lowest BCUT2D eigenvalue weighted by Gasteiger charge is -2.30. The van der Waals surface area contributed by atoms with Crippen LogP contribution in [0.15, 0.2) is 0 Å². The molecule has 2 heteroatoms. The van der Waals surface area contributed by atoms with Gasteiger partial charge >= 0.3 is 0 Å². The quantitative estimate of drug-likeness (QED) is 0.591. The molecule has 0 aliphatic rings. The van der Waals surface area contributed by atoms with E-state index in [4.69, 9.17) is 5.73 Å². The van der Waals surface area contributed by atoms with Gasteiger partial charge in [0.1, 0.15) is 0 Å². The summed E-state index contributed by atoms with van der Waals surface area (Å²) in [4.78, 5) is 0. The fourth-order valence-electron chi connectivity index (χ4n) is 0.696. The van der Waals surface area contributed by atoms with Gasteiger partial charge in [-0.1, -0.05) is 6.92 Å². The molecule has 0 aliphatic heterocycles. The second-order valence-corrected chi connectivity index (χ2v) is 2.99. The Morgan fingerprint density at radius 2 is 2.00 bits per heavy atom. The Morgan fingerprint density at radius 3 is 2.11 bits per heavy atom. The standard InChI is InChI=1S/C7H18N2/c1-5-6(8)7(2,3)9-4/h6,9H,5,8H2,1-4H3. The maximum absolute atomic E-state index is 5.80. The molecular formula is C7H18N2. The summed E-state index contributed by atoms with van der Waals surface area (Å²) in [5.41, 5.74) is 5.88. The summed E-state index contributed by atoms with van der Waals surface area (Å²) in [6.07, 6.45) is 1.02. The third-order valence-electron chi connectivity index (χ3n) is 2.01. The molecule has 0 aliphatic carbocycles. The number of nitrogens with two attached hydrogens (primary N) is 1. The Labute approximate surface area is 57.8 Å². The molecule has 0 heterocycles. The molecule has 2 nitrogen and oxygen atoms in total. The average molecular weight is 130 g/mol. The van der Waals surface area contributed by atoms with Crippen LogP contribution in [-0.4, -0.2) is 18.6 Å². The molecular weight excluding hydrogens is 112 g/mol. The van der Waals surface area contributed by atoms with E-state index >= 15 is 0 Å². The Kier molecular flexibility index (Phi) is 3.15. The molecule has 0 aromatic heterocycles. The number of hydrogen-bond donors (Lipinski definition) is 2. The Balaban J connectivity index is 3.80. The Hall–Kier alpha value is -0.0800. The van der Waals surface area contributed by atoms with E-state index in [0.29, 0.717) is 0 Å². The van der Waals surface area contributed by atoms with Gasteiger partial charge in [-0.05, 0) is 27.3 Å². The summed E-state index contributed by atoms with van der Waals surface area (Å²) in [6.45, 7) is 6.33. The first-order valence-electron chi connectivity index (χ1n) is 3.49. The van der Waals surface area contributed by atoms with Crippen molar-refractivity contribution in [1.82, 2.24) is 5.32 Å². The topological polar surface area (TPSA) is 38.0 Å². The van der Waals surface area contributed by atoms with E-state index in [0.717, 1.165) is 6.42 Å². The highest BCUT2D eigenvalue weighted by molar-refractivity contribution is 4.86. The van der Waals surface area contributed by atoms with Crippen LogP contribution in [0.1, 0.15) is 27.2 Å². The number of hydrogen-bond acceptors (Lipinski definition) is 2. The molecule has 0 amide bonds. The minimum absolute atomic E-state index is 0.0781. The zero-order chi connectivity index (χ0) is 7.49. The minimum Gasteiger partial charge on any atom is -0.326 e. The summed E-state index contributed by atoms with van der Waals surface area (Å²) in [7, 11) is 1.94. The van der Waals surface area contributed by atoms with Gasteiger partial charge < -0.3 is 11.1 Å². The van der Waals surface area contributed by atoms with Gasteiger partial charge in [-0.25, -0.2) is 0 Å².